The second-order valence-electron chi connectivity index (χ2n) is 5.80. The Morgan fingerprint density at radius 1 is 1.19 bits per heavy atom. The van der Waals surface area contributed by atoms with E-state index in [1.165, 1.54) is 19.1 Å². The van der Waals surface area contributed by atoms with E-state index in [0.29, 0.717) is 11.4 Å². The van der Waals surface area contributed by atoms with Crippen LogP contribution in [0.5, 0.6) is 5.75 Å². The monoisotopic (exact) mass is 357 g/mol. The lowest BCUT2D eigenvalue weighted by Crippen LogP contribution is -2.39. The lowest BCUT2D eigenvalue weighted by molar-refractivity contribution is -0.150. The van der Waals surface area contributed by atoms with E-state index in [9.17, 15) is 18.8 Å². The number of halogens is 1. The predicted octanol–water partition coefficient (Wildman–Crippen LogP) is 2.73. The SMILES string of the molecule is CC(OC(=O)CC1Oc2ccccc2NC1=O)C(=O)c1ccc(F)cc1. The van der Waals surface area contributed by atoms with Gasteiger partial charge in [0.1, 0.15) is 11.6 Å². The van der Waals surface area contributed by atoms with Gasteiger partial charge in [0.15, 0.2) is 12.2 Å². The third-order valence-corrected chi connectivity index (χ3v) is 3.86. The van der Waals surface area contributed by atoms with Crippen LogP contribution in [0.15, 0.2) is 48.5 Å². The van der Waals surface area contributed by atoms with Crippen LogP contribution >= 0.6 is 0 Å². The molecule has 1 heterocycles. The van der Waals surface area contributed by atoms with E-state index < -0.39 is 35.7 Å². The van der Waals surface area contributed by atoms with Crippen LogP contribution in [0.3, 0.4) is 0 Å². The molecule has 0 saturated heterocycles. The van der Waals surface area contributed by atoms with E-state index in [-0.39, 0.29) is 12.0 Å². The minimum absolute atomic E-state index is 0.229. The number of carbonyl (C=O) groups is 3. The molecule has 134 valence electrons. The molecular weight excluding hydrogens is 341 g/mol. The van der Waals surface area contributed by atoms with Gasteiger partial charge in [-0.1, -0.05) is 12.1 Å². The molecule has 0 bridgehead atoms. The maximum absolute atomic E-state index is 12.9. The number of ketones is 1. The molecular formula is C19H16FNO5. The van der Waals surface area contributed by atoms with E-state index in [4.69, 9.17) is 9.47 Å². The van der Waals surface area contributed by atoms with Crippen LogP contribution < -0.4 is 10.1 Å². The Kier molecular flexibility index (Phi) is 4.97. The third-order valence-electron chi connectivity index (χ3n) is 3.86. The molecule has 0 radical (unpaired) electrons. The van der Waals surface area contributed by atoms with Crippen LogP contribution in [0.25, 0.3) is 0 Å². The van der Waals surface area contributed by atoms with Gasteiger partial charge in [0.2, 0.25) is 5.78 Å². The molecule has 0 fully saturated rings. The average Bonchev–Trinajstić information content (AvgIpc) is 2.62. The number of amides is 1. The molecule has 3 rings (SSSR count). The largest absolute Gasteiger partial charge is 0.478 e. The number of ether oxygens (including phenoxy) is 2. The molecule has 0 aliphatic carbocycles. The van der Waals surface area contributed by atoms with Crippen LogP contribution in [-0.2, 0) is 14.3 Å². The van der Waals surface area contributed by atoms with E-state index >= 15 is 0 Å². The molecule has 1 N–H and O–H groups in total. The highest BCUT2D eigenvalue weighted by atomic mass is 19.1. The van der Waals surface area contributed by atoms with Gasteiger partial charge in [-0.2, -0.15) is 0 Å². The van der Waals surface area contributed by atoms with Crippen molar-refractivity contribution < 1.29 is 28.2 Å². The number of hydrogen-bond acceptors (Lipinski definition) is 5. The fourth-order valence-corrected chi connectivity index (χ4v) is 2.53. The summed E-state index contributed by atoms with van der Waals surface area (Å²) in [5.74, 6) is -1.67. The molecule has 2 atom stereocenters. The lowest BCUT2D eigenvalue weighted by Gasteiger charge is -2.25. The standard InChI is InChI=1S/C19H16FNO5/c1-11(18(23)12-6-8-13(20)9-7-12)25-17(22)10-16-19(24)21-14-4-2-3-5-15(14)26-16/h2-9,11,16H,10H2,1H3,(H,21,24). The molecule has 2 aromatic carbocycles. The van der Waals surface area contributed by atoms with Crippen LogP contribution in [0.4, 0.5) is 10.1 Å². The number of para-hydroxylation sites is 2. The highest BCUT2D eigenvalue weighted by Crippen LogP contribution is 2.29. The lowest BCUT2D eigenvalue weighted by atomic mass is 10.1. The van der Waals surface area contributed by atoms with Crippen molar-refractivity contribution in [2.24, 2.45) is 0 Å². The molecule has 1 aliphatic rings. The zero-order valence-electron chi connectivity index (χ0n) is 13.9. The number of rotatable bonds is 5. The number of anilines is 1. The minimum atomic E-state index is -1.06. The van der Waals surface area contributed by atoms with Crippen molar-refractivity contribution in [2.75, 3.05) is 5.32 Å². The predicted molar refractivity (Wildman–Crippen MR) is 90.4 cm³/mol. The molecule has 0 spiro atoms. The smallest absolute Gasteiger partial charge is 0.310 e. The zero-order chi connectivity index (χ0) is 18.7. The van der Waals surface area contributed by atoms with Gasteiger partial charge >= 0.3 is 5.97 Å². The summed E-state index contributed by atoms with van der Waals surface area (Å²) in [6, 6.07) is 11.8. The number of benzene rings is 2. The van der Waals surface area contributed by atoms with Crippen LogP contribution in [0, 0.1) is 5.82 Å². The second-order valence-corrected chi connectivity index (χ2v) is 5.80. The first-order valence-corrected chi connectivity index (χ1v) is 8.00. The maximum Gasteiger partial charge on any atom is 0.310 e. The topological polar surface area (TPSA) is 81.7 Å². The molecule has 7 heteroatoms. The van der Waals surface area contributed by atoms with Crippen molar-refractivity contribution in [1.29, 1.82) is 0 Å². The van der Waals surface area contributed by atoms with Gasteiger partial charge in [-0.05, 0) is 43.3 Å². The van der Waals surface area contributed by atoms with Gasteiger partial charge in [-0.25, -0.2) is 4.39 Å². The summed E-state index contributed by atoms with van der Waals surface area (Å²) >= 11 is 0. The van der Waals surface area contributed by atoms with Crippen molar-refractivity contribution in [1.82, 2.24) is 0 Å². The van der Waals surface area contributed by atoms with Crippen molar-refractivity contribution in [3.63, 3.8) is 0 Å². The van der Waals surface area contributed by atoms with Crippen molar-refractivity contribution >= 4 is 23.3 Å². The molecule has 2 unspecified atom stereocenters. The first-order valence-electron chi connectivity index (χ1n) is 8.00. The summed E-state index contributed by atoms with van der Waals surface area (Å²) in [5, 5.41) is 2.65. The van der Waals surface area contributed by atoms with E-state index in [0.717, 1.165) is 12.1 Å². The molecule has 1 amide bonds. The Balaban J connectivity index is 1.59. The third kappa shape index (κ3) is 3.88. The first kappa shape index (κ1) is 17.6. The fraction of sp³-hybridized carbons (Fsp3) is 0.211. The summed E-state index contributed by atoms with van der Waals surface area (Å²) in [6.07, 6.45) is -2.43. The van der Waals surface area contributed by atoms with Gasteiger partial charge in [0, 0.05) is 5.56 Å². The number of nitrogens with one attached hydrogen (secondary N) is 1. The molecule has 2 aromatic rings. The zero-order valence-corrected chi connectivity index (χ0v) is 13.9. The van der Waals surface area contributed by atoms with Crippen molar-refractivity contribution in [3.05, 3.63) is 59.9 Å². The summed E-state index contributed by atoms with van der Waals surface area (Å²) in [5.41, 5.74) is 0.759. The Morgan fingerprint density at radius 3 is 2.62 bits per heavy atom. The van der Waals surface area contributed by atoms with Gasteiger partial charge in [-0.15, -0.1) is 0 Å². The minimum Gasteiger partial charge on any atom is -0.478 e. The van der Waals surface area contributed by atoms with Gasteiger partial charge in [0.05, 0.1) is 12.1 Å². The number of esters is 1. The van der Waals surface area contributed by atoms with Crippen LogP contribution in [0.1, 0.15) is 23.7 Å². The molecule has 26 heavy (non-hydrogen) atoms. The Labute approximate surface area is 148 Å². The van der Waals surface area contributed by atoms with E-state index in [1.807, 2.05) is 0 Å². The summed E-state index contributed by atoms with van der Waals surface area (Å²) < 4.78 is 23.5. The Bertz CT molecular complexity index is 849. The fourth-order valence-electron chi connectivity index (χ4n) is 2.53. The summed E-state index contributed by atoms with van der Waals surface area (Å²) in [6.45, 7) is 1.42. The highest BCUT2D eigenvalue weighted by molar-refractivity contribution is 6.01. The van der Waals surface area contributed by atoms with Gasteiger partial charge < -0.3 is 14.8 Å². The quantitative estimate of drug-likeness (QED) is 0.657. The summed E-state index contributed by atoms with van der Waals surface area (Å²) in [7, 11) is 0. The van der Waals surface area contributed by atoms with Gasteiger partial charge in [-0.3, -0.25) is 14.4 Å². The normalized spacial score (nSPS) is 16.7. The van der Waals surface area contributed by atoms with E-state index in [2.05, 4.69) is 5.32 Å². The van der Waals surface area contributed by atoms with Crippen LogP contribution in [-0.4, -0.2) is 29.9 Å². The Morgan fingerprint density at radius 2 is 1.88 bits per heavy atom. The van der Waals surface area contributed by atoms with E-state index in [1.54, 1.807) is 24.3 Å². The second kappa shape index (κ2) is 7.35. The van der Waals surface area contributed by atoms with Crippen LogP contribution in [0.2, 0.25) is 0 Å². The number of Topliss-reactive ketones (excluding diaryl/α,β-unsaturated/α-hetero) is 1. The molecule has 1 aliphatic heterocycles. The van der Waals surface area contributed by atoms with Crippen molar-refractivity contribution in [2.45, 2.75) is 25.6 Å². The molecule has 0 aromatic heterocycles. The van der Waals surface area contributed by atoms with Crippen molar-refractivity contribution in [3.8, 4) is 5.75 Å². The highest BCUT2D eigenvalue weighted by Gasteiger charge is 2.31. The maximum atomic E-state index is 12.9. The number of fused-ring (bicyclic) bond motifs is 1. The Hall–Kier alpha value is -3.22. The van der Waals surface area contributed by atoms with Gasteiger partial charge in [0.25, 0.3) is 5.91 Å². The molecule has 0 saturated carbocycles. The summed E-state index contributed by atoms with van der Waals surface area (Å²) in [4.78, 5) is 36.3. The number of carbonyl (C=O) groups excluding carboxylic acids is 3. The number of hydrogen-bond donors (Lipinski definition) is 1. The average molecular weight is 357 g/mol. The first-order chi connectivity index (χ1) is 12.4. The molecule has 6 nitrogen and oxygen atoms in total.